The van der Waals surface area contributed by atoms with Crippen LogP contribution in [0.4, 0.5) is 0 Å². The van der Waals surface area contributed by atoms with Crippen molar-refractivity contribution in [3.63, 3.8) is 0 Å². The summed E-state index contributed by atoms with van der Waals surface area (Å²) < 4.78 is 11.6. The number of rotatable bonds is 5. The maximum Gasteiger partial charge on any atom is 0.341 e. The average molecular weight is 410 g/mol. The number of hydrogen-bond donors (Lipinski definition) is 0. The summed E-state index contributed by atoms with van der Waals surface area (Å²) in [5.74, 6) is 0.0253. The van der Waals surface area contributed by atoms with Crippen LogP contribution in [0.2, 0.25) is 0 Å². The minimum Gasteiger partial charge on any atom is -0.483 e. The number of carbonyl (C=O) groups excluding carboxylic acids is 2. The summed E-state index contributed by atoms with van der Waals surface area (Å²) in [6.07, 6.45) is 1.96. The normalized spacial score (nSPS) is 16.6. The number of para-hydroxylation sites is 2. The van der Waals surface area contributed by atoms with Crippen LogP contribution in [-0.4, -0.2) is 48.6 Å². The van der Waals surface area contributed by atoms with E-state index in [4.69, 9.17) is 14.5 Å². The highest BCUT2D eigenvalue weighted by molar-refractivity contribution is 7.18. The summed E-state index contributed by atoms with van der Waals surface area (Å²) in [7, 11) is 1.32. The number of carbonyl (C=O) groups is 2. The van der Waals surface area contributed by atoms with Crippen LogP contribution in [0, 0.1) is 0 Å². The summed E-state index contributed by atoms with van der Waals surface area (Å²) in [4.78, 5) is 31.2. The third kappa shape index (κ3) is 4.24. The van der Waals surface area contributed by atoms with Gasteiger partial charge in [-0.05, 0) is 37.1 Å². The Morgan fingerprint density at radius 2 is 1.97 bits per heavy atom. The number of fused-ring (bicyclic) bond motifs is 1. The number of likely N-dealkylation sites (tertiary alicyclic amines) is 1. The van der Waals surface area contributed by atoms with Gasteiger partial charge in [0.2, 0.25) is 0 Å². The predicted molar refractivity (Wildman–Crippen MR) is 111 cm³/mol. The molecule has 1 fully saturated rings. The fourth-order valence-electron chi connectivity index (χ4n) is 3.57. The topological polar surface area (TPSA) is 68.7 Å². The molecule has 2 aromatic carbocycles. The Morgan fingerprint density at radius 3 is 2.79 bits per heavy atom. The smallest absolute Gasteiger partial charge is 0.341 e. The van der Waals surface area contributed by atoms with Gasteiger partial charge in [0.1, 0.15) is 11.3 Å². The highest BCUT2D eigenvalue weighted by atomic mass is 32.1. The van der Waals surface area contributed by atoms with Crippen LogP contribution < -0.4 is 4.74 Å². The first-order valence-corrected chi connectivity index (χ1v) is 10.4. The average Bonchev–Trinajstić information content (AvgIpc) is 3.21. The molecule has 0 radical (unpaired) electrons. The van der Waals surface area contributed by atoms with Gasteiger partial charge in [0.15, 0.2) is 6.61 Å². The van der Waals surface area contributed by atoms with Crippen molar-refractivity contribution in [3.8, 4) is 5.75 Å². The standard InChI is InChI=1S/C22H22N2O4S/c1-27-22(26)16-8-2-4-10-18(16)28-14-20(25)24-12-6-7-15(13-24)21-23-17-9-3-5-11-19(17)29-21/h2-5,8-11,15H,6-7,12-14H2,1H3/t15-/m1/s1. The zero-order valence-corrected chi connectivity index (χ0v) is 17.0. The molecule has 0 N–H and O–H groups in total. The molecule has 0 saturated carbocycles. The van der Waals surface area contributed by atoms with E-state index < -0.39 is 5.97 Å². The van der Waals surface area contributed by atoms with Crippen molar-refractivity contribution < 1.29 is 19.1 Å². The number of amides is 1. The van der Waals surface area contributed by atoms with Gasteiger partial charge in [-0.2, -0.15) is 0 Å². The third-order valence-corrected chi connectivity index (χ3v) is 6.28. The lowest BCUT2D eigenvalue weighted by Gasteiger charge is -2.31. The van der Waals surface area contributed by atoms with Crippen LogP contribution in [0.3, 0.4) is 0 Å². The molecule has 0 aliphatic carbocycles. The lowest BCUT2D eigenvalue weighted by Crippen LogP contribution is -2.41. The summed E-state index contributed by atoms with van der Waals surface area (Å²) in [6, 6.07) is 14.9. The minimum absolute atomic E-state index is 0.0875. The molecule has 1 atom stereocenters. The molecule has 4 rings (SSSR count). The lowest BCUT2D eigenvalue weighted by molar-refractivity contribution is -0.134. The quantitative estimate of drug-likeness (QED) is 0.598. The molecule has 1 amide bonds. The first-order chi connectivity index (χ1) is 14.2. The summed E-state index contributed by atoms with van der Waals surface area (Å²) in [5.41, 5.74) is 1.33. The van der Waals surface area contributed by atoms with E-state index in [2.05, 4.69) is 6.07 Å². The van der Waals surface area contributed by atoms with Crippen LogP contribution in [0.1, 0.15) is 34.1 Å². The molecule has 0 bridgehead atoms. The second kappa shape index (κ2) is 8.61. The molecule has 1 aromatic heterocycles. The van der Waals surface area contributed by atoms with Crippen molar-refractivity contribution in [2.75, 3.05) is 26.8 Å². The Bertz CT molecular complexity index is 999. The van der Waals surface area contributed by atoms with Crippen molar-refractivity contribution in [1.82, 2.24) is 9.88 Å². The van der Waals surface area contributed by atoms with E-state index in [1.807, 2.05) is 23.1 Å². The van der Waals surface area contributed by atoms with E-state index in [-0.39, 0.29) is 18.4 Å². The third-order valence-electron chi connectivity index (χ3n) is 5.08. The lowest BCUT2D eigenvalue weighted by atomic mass is 9.99. The Morgan fingerprint density at radius 1 is 1.17 bits per heavy atom. The fourth-order valence-corrected chi connectivity index (χ4v) is 4.66. The second-order valence-electron chi connectivity index (χ2n) is 6.98. The van der Waals surface area contributed by atoms with Crippen molar-refractivity contribution in [2.45, 2.75) is 18.8 Å². The highest BCUT2D eigenvalue weighted by Crippen LogP contribution is 2.33. The largest absolute Gasteiger partial charge is 0.483 e. The maximum absolute atomic E-state index is 12.7. The number of benzene rings is 2. The molecule has 2 heterocycles. The second-order valence-corrected chi connectivity index (χ2v) is 8.04. The maximum atomic E-state index is 12.7. The van der Waals surface area contributed by atoms with Crippen molar-refractivity contribution >= 4 is 33.4 Å². The van der Waals surface area contributed by atoms with Gasteiger partial charge >= 0.3 is 5.97 Å². The molecule has 3 aromatic rings. The molecular formula is C22H22N2O4S. The first-order valence-electron chi connectivity index (χ1n) is 9.59. The number of hydrogen-bond acceptors (Lipinski definition) is 6. The number of esters is 1. The molecule has 0 unspecified atom stereocenters. The zero-order chi connectivity index (χ0) is 20.2. The molecule has 1 aliphatic heterocycles. The van der Waals surface area contributed by atoms with Gasteiger partial charge in [0.05, 0.1) is 22.3 Å². The monoisotopic (exact) mass is 410 g/mol. The van der Waals surface area contributed by atoms with Gasteiger partial charge in [-0.3, -0.25) is 4.79 Å². The van der Waals surface area contributed by atoms with Crippen molar-refractivity contribution in [1.29, 1.82) is 0 Å². The van der Waals surface area contributed by atoms with Gasteiger partial charge in [0, 0.05) is 19.0 Å². The van der Waals surface area contributed by atoms with Gasteiger partial charge in [0.25, 0.3) is 5.91 Å². The molecule has 1 saturated heterocycles. The van der Waals surface area contributed by atoms with E-state index in [9.17, 15) is 9.59 Å². The number of nitrogens with zero attached hydrogens (tertiary/aromatic N) is 2. The fraction of sp³-hybridized carbons (Fsp3) is 0.318. The van der Waals surface area contributed by atoms with E-state index in [1.165, 1.54) is 11.8 Å². The van der Waals surface area contributed by atoms with Crippen LogP contribution in [0.15, 0.2) is 48.5 Å². The molecule has 0 spiro atoms. The molecule has 6 nitrogen and oxygen atoms in total. The van der Waals surface area contributed by atoms with Gasteiger partial charge < -0.3 is 14.4 Å². The summed E-state index contributed by atoms with van der Waals surface area (Å²) in [6.45, 7) is 1.24. The van der Waals surface area contributed by atoms with Crippen LogP contribution >= 0.6 is 11.3 Å². The van der Waals surface area contributed by atoms with Gasteiger partial charge in [-0.15, -0.1) is 11.3 Å². The summed E-state index contributed by atoms with van der Waals surface area (Å²) >= 11 is 1.70. The molecule has 29 heavy (non-hydrogen) atoms. The number of methoxy groups -OCH3 is 1. The van der Waals surface area contributed by atoms with Crippen molar-refractivity contribution in [3.05, 3.63) is 59.1 Å². The van der Waals surface area contributed by atoms with E-state index in [0.717, 1.165) is 23.4 Å². The number of piperidine rings is 1. The Hall–Kier alpha value is -2.93. The van der Waals surface area contributed by atoms with Crippen LogP contribution in [0.5, 0.6) is 5.75 Å². The Balaban J connectivity index is 1.41. The van der Waals surface area contributed by atoms with E-state index in [0.29, 0.717) is 24.4 Å². The number of thiazole rings is 1. The van der Waals surface area contributed by atoms with E-state index >= 15 is 0 Å². The van der Waals surface area contributed by atoms with Crippen LogP contribution in [0.25, 0.3) is 10.2 Å². The predicted octanol–water partition coefficient (Wildman–Crippen LogP) is 3.87. The molecule has 1 aliphatic rings. The van der Waals surface area contributed by atoms with Crippen molar-refractivity contribution in [2.24, 2.45) is 0 Å². The Labute approximate surface area is 173 Å². The zero-order valence-electron chi connectivity index (χ0n) is 16.2. The van der Waals surface area contributed by atoms with Gasteiger partial charge in [-0.25, -0.2) is 9.78 Å². The summed E-state index contributed by atoms with van der Waals surface area (Å²) in [5, 5.41) is 1.08. The Kier molecular flexibility index (Phi) is 5.76. The minimum atomic E-state index is -0.484. The molecule has 7 heteroatoms. The SMILES string of the molecule is COC(=O)c1ccccc1OCC(=O)N1CCC[C@@H](c2nc3ccccc3s2)C1. The van der Waals surface area contributed by atoms with Crippen LogP contribution in [-0.2, 0) is 9.53 Å². The van der Waals surface area contributed by atoms with E-state index in [1.54, 1.807) is 35.6 Å². The number of ether oxygens (including phenoxy) is 2. The highest BCUT2D eigenvalue weighted by Gasteiger charge is 2.27. The molecular weight excluding hydrogens is 388 g/mol. The molecule has 150 valence electrons. The first kappa shape index (κ1) is 19.4. The van der Waals surface area contributed by atoms with Gasteiger partial charge in [-0.1, -0.05) is 24.3 Å². The number of aromatic nitrogens is 1.